The van der Waals surface area contributed by atoms with E-state index >= 15 is 0 Å². The predicted molar refractivity (Wildman–Crippen MR) is 80.9 cm³/mol. The fourth-order valence-corrected chi connectivity index (χ4v) is 5.67. The zero-order valence-corrected chi connectivity index (χ0v) is 13.8. The molecule has 2 unspecified atom stereocenters. The maximum Gasteiger partial charge on any atom is 0.250 e. The summed E-state index contributed by atoms with van der Waals surface area (Å²) in [6.45, 7) is 1.80. The van der Waals surface area contributed by atoms with Gasteiger partial charge in [0.2, 0.25) is 10.0 Å². The number of thiophene rings is 1. The number of sulfonamides is 1. The lowest BCUT2D eigenvalue weighted by Gasteiger charge is -2.20. The predicted octanol–water partition coefficient (Wildman–Crippen LogP) is 3.93. The van der Waals surface area contributed by atoms with Gasteiger partial charge in [-0.2, -0.15) is 0 Å². The van der Waals surface area contributed by atoms with Crippen molar-refractivity contribution in [1.29, 1.82) is 0 Å². The summed E-state index contributed by atoms with van der Waals surface area (Å²) in [6.07, 6.45) is 4.85. The van der Waals surface area contributed by atoms with Crippen LogP contribution < -0.4 is 4.72 Å². The van der Waals surface area contributed by atoms with Crippen molar-refractivity contribution in [1.82, 2.24) is 4.72 Å². The second-order valence-electron chi connectivity index (χ2n) is 4.90. The molecule has 1 saturated carbocycles. The van der Waals surface area contributed by atoms with E-state index in [1.807, 2.05) is 0 Å². The highest BCUT2D eigenvalue weighted by Gasteiger charge is 2.28. The zero-order valence-electron chi connectivity index (χ0n) is 10.7. The van der Waals surface area contributed by atoms with Gasteiger partial charge in [-0.25, -0.2) is 13.1 Å². The van der Waals surface area contributed by atoms with Crippen LogP contribution in [0.25, 0.3) is 0 Å². The van der Waals surface area contributed by atoms with Gasteiger partial charge >= 0.3 is 0 Å². The third-order valence-corrected chi connectivity index (χ3v) is 7.38. The van der Waals surface area contributed by atoms with Crippen molar-refractivity contribution in [2.24, 2.45) is 0 Å². The van der Waals surface area contributed by atoms with Gasteiger partial charge in [-0.3, -0.25) is 0 Å². The van der Waals surface area contributed by atoms with Crippen LogP contribution in [0, 0.1) is 6.92 Å². The number of nitrogens with one attached hydrogen (secondary N) is 1. The molecule has 0 radical (unpaired) electrons. The fraction of sp³-hybridized carbons (Fsp3) is 0.667. The summed E-state index contributed by atoms with van der Waals surface area (Å²) < 4.78 is 28.1. The normalized spacial score (nSPS) is 25.2. The summed E-state index contributed by atoms with van der Waals surface area (Å²) in [5.41, 5.74) is 0.787. The first kappa shape index (κ1) is 15.6. The van der Waals surface area contributed by atoms with E-state index in [1.165, 1.54) is 0 Å². The van der Waals surface area contributed by atoms with Crippen molar-refractivity contribution in [2.75, 3.05) is 0 Å². The Morgan fingerprint density at radius 3 is 2.63 bits per heavy atom. The molecule has 1 N–H and O–H groups in total. The molecule has 0 aliphatic heterocycles. The second kappa shape index (κ2) is 6.31. The fourth-order valence-electron chi connectivity index (χ4n) is 2.22. The Kier molecular flexibility index (Phi) is 5.17. The molecule has 1 aliphatic rings. The quantitative estimate of drug-likeness (QED) is 0.668. The van der Waals surface area contributed by atoms with Crippen molar-refractivity contribution in [3.05, 3.63) is 16.0 Å². The van der Waals surface area contributed by atoms with E-state index in [-0.39, 0.29) is 15.6 Å². The topological polar surface area (TPSA) is 46.2 Å². The van der Waals surface area contributed by atoms with Gasteiger partial charge in [0.15, 0.2) is 0 Å². The number of aryl methyl sites for hydroxylation is 1. The first-order valence-corrected chi connectivity index (χ1v) is 9.44. The summed E-state index contributed by atoms with van der Waals surface area (Å²) in [5, 5.41) is -0.131. The lowest BCUT2D eigenvalue weighted by Crippen LogP contribution is -2.40. The number of halogens is 2. The summed E-state index contributed by atoms with van der Waals surface area (Å²) >= 11 is 13.3. The van der Waals surface area contributed by atoms with Crippen LogP contribution in [0.1, 0.15) is 37.7 Å². The van der Waals surface area contributed by atoms with Crippen molar-refractivity contribution < 1.29 is 8.42 Å². The third kappa shape index (κ3) is 3.85. The van der Waals surface area contributed by atoms with Crippen molar-refractivity contribution in [3.8, 4) is 0 Å². The Labute approximate surface area is 128 Å². The van der Waals surface area contributed by atoms with Crippen molar-refractivity contribution in [3.63, 3.8) is 0 Å². The van der Waals surface area contributed by atoms with Crippen LogP contribution in [0.2, 0.25) is 4.34 Å². The Bertz CT molecular complexity index is 522. The minimum atomic E-state index is -3.51. The summed E-state index contributed by atoms with van der Waals surface area (Å²) in [6, 6.07) is 1.42. The Hall–Kier alpha value is 0.190. The van der Waals surface area contributed by atoms with Crippen LogP contribution >= 0.6 is 34.5 Å². The van der Waals surface area contributed by atoms with Crippen molar-refractivity contribution >= 4 is 44.6 Å². The van der Waals surface area contributed by atoms with Crippen LogP contribution in [0.15, 0.2) is 10.3 Å². The minimum Gasteiger partial charge on any atom is -0.206 e. The molecule has 0 aromatic carbocycles. The van der Waals surface area contributed by atoms with E-state index in [4.69, 9.17) is 23.2 Å². The molecule has 7 heteroatoms. The highest BCUT2D eigenvalue weighted by Crippen LogP contribution is 2.31. The number of hydrogen-bond acceptors (Lipinski definition) is 3. The summed E-state index contributed by atoms with van der Waals surface area (Å²) in [4.78, 5) is 0. The highest BCUT2D eigenvalue weighted by atomic mass is 35.5. The lowest BCUT2D eigenvalue weighted by atomic mass is 10.1. The number of alkyl halides is 1. The van der Waals surface area contributed by atoms with E-state index in [0.717, 1.165) is 49.0 Å². The van der Waals surface area contributed by atoms with Gasteiger partial charge in [0.1, 0.15) is 4.21 Å². The van der Waals surface area contributed by atoms with E-state index in [1.54, 1.807) is 13.0 Å². The maximum absolute atomic E-state index is 12.3. The monoisotopic (exact) mass is 341 g/mol. The Morgan fingerprint density at radius 1 is 1.32 bits per heavy atom. The molecule has 1 aromatic rings. The average molecular weight is 342 g/mol. The van der Waals surface area contributed by atoms with Crippen molar-refractivity contribution in [2.45, 2.75) is 54.7 Å². The van der Waals surface area contributed by atoms with Gasteiger partial charge in [0.05, 0.1) is 4.34 Å². The van der Waals surface area contributed by atoms with E-state index in [0.29, 0.717) is 4.34 Å². The minimum absolute atomic E-state index is 0.131. The molecule has 0 amide bonds. The van der Waals surface area contributed by atoms with Gasteiger partial charge in [0.25, 0.3) is 0 Å². The first-order chi connectivity index (χ1) is 8.90. The number of hydrogen-bond donors (Lipinski definition) is 1. The molecule has 2 rings (SSSR count). The molecule has 1 aromatic heterocycles. The zero-order chi connectivity index (χ0) is 14.0. The molecule has 1 aliphatic carbocycles. The third-order valence-electron chi connectivity index (χ3n) is 3.34. The van der Waals surface area contributed by atoms with Gasteiger partial charge in [-0.15, -0.1) is 22.9 Å². The van der Waals surface area contributed by atoms with E-state index < -0.39 is 10.0 Å². The van der Waals surface area contributed by atoms with E-state index in [9.17, 15) is 8.42 Å². The highest BCUT2D eigenvalue weighted by molar-refractivity contribution is 7.91. The van der Waals surface area contributed by atoms with Crippen LogP contribution in [0.3, 0.4) is 0 Å². The van der Waals surface area contributed by atoms with Crippen LogP contribution in [-0.4, -0.2) is 19.8 Å². The molecule has 1 fully saturated rings. The second-order valence-corrected chi connectivity index (χ2v) is 9.06. The first-order valence-electron chi connectivity index (χ1n) is 6.32. The molecule has 0 bridgehead atoms. The van der Waals surface area contributed by atoms with Crippen LogP contribution in [0.4, 0.5) is 0 Å². The molecular weight excluding hydrogens is 325 g/mol. The van der Waals surface area contributed by atoms with Crippen LogP contribution in [-0.2, 0) is 10.0 Å². The smallest absolute Gasteiger partial charge is 0.206 e. The molecule has 0 saturated heterocycles. The van der Waals surface area contributed by atoms with E-state index in [2.05, 4.69) is 4.72 Å². The molecule has 3 nitrogen and oxygen atoms in total. The summed E-state index contributed by atoms with van der Waals surface area (Å²) in [5.74, 6) is 0. The Balaban J connectivity index is 2.16. The molecule has 19 heavy (non-hydrogen) atoms. The van der Waals surface area contributed by atoms with Crippen LogP contribution in [0.5, 0.6) is 0 Å². The molecule has 108 valence electrons. The van der Waals surface area contributed by atoms with Gasteiger partial charge < -0.3 is 0 Å². The SMILES string of the molecule is Cc1cc(S(=O)(=O)NC2CCCCCC2Cl)sc1Cl. The largest absolute Gasteiger partial charge is 0.250 e. The average Bonchev–Trinajstić information content (AvgIpc) is 2.55. The molecule has 0 spiro atoms. The maximum atomic E-state index is 12.3. The van der Waals surface area contributed by atoms with Gasteiger partial charge in [-0.05, 0) is 31.4 Å². The molecular formula is C12H17Cl2NO2S2. The Morgan fingerprint density at radius 2 is 2.00 bits per heavy atom. The van der Waals surface area contributed by atoms with Gasteiger partial charge in [-0.1, -0.05) is 30.9 Å². The van der Waals surface area contributed by atoms with Gasteiger partial charge in [0, 0.05) is 11.4 Å². The molecule has 2 atom stereocenters. The standard InChI is InChI=1S/C12H17Cl2NO2S2/c1-8-7-11(18-12(8)14)19(16,17)15-10-6-4-2-3-5-9(10)13/h7,9-10,15H,2-6H2,1H3. The lowest BCUT2D eigenvalue weighted by molar-refractivity contribution is 0.515. The number of rotatable bonds is 3. The molecule has 1 heterocycles. The summed E-state index contributed by atoms with van der Waals surface area (Å²) in [7, 11) is -3.51.